The monoisotopic (exact) mass is 359 g/mol. The van der Waals surface area contributed by atoms with Crippen molar-refractivity contribution >= 4 is 44.1 Å². The molecule has 0 saturated heterocycles. The molecule has 12 heteroatoms. The molecule has 0 bridgehead atoms. The maximum Gasteiger partial charge on any atom is 0.335 e. The van der Waals surface area contributed by atoms with E-state index in [0.717, 1.165) is 0 Å². The molecule has 124 valence electrons. The Kier molecular flexibility index (Phi) is 6.12. The number of aromatic nitrogens is 2. The zero-order chi connectivity index (χ0) is 17.6. The topological polar surface area (TPSA) is 178 Å². The van der Waals surface area contributed by atoms with E-state index in [1.54, 1.807) is 12.1 Å². The van der Waals surface area contributed by atoms with Crippen molar-refractivity contribution in [1.29, 1.82) is 0 Å². The average Bonchev–Trinajstić information content (AvgIpc) is 2.87. The van der Waals surface area contributed by atoms with Gasteiger partial charge in [0.05, 0.1) is 5.56 Å². The number of carboxylic acid groups (broad SMARTS) is 1. The molecule has 0 atom stereocenters. The summed E-state index contributed by atoms with van der Waals surface area (Å²) in [6.07, 6.45) is 0. The standard InChI is InChI=1S/C7H7NO2.C4H6N4O3S2/c8-6-3-1-5(2-4-6)7(9)10;1-2(9)6-3-7-8-4(12-3)13(5,10)11/h1-4H,8H2,(H,9,10);1H3,(H2,5,10,11)(H,6,7,9). The Bertz CT molecular complexity index is 800. The quantitative estimate of drug-likeness (QED) is 0.440. The SMILES string of the molecule is CC(=O)Nc1nnc(S(N)(=O)=O)s1.Nc1ccc(C(=O)O)cc1. The van der Waals surface area contributed by atoms with Gasteiger partial charge in [0.15, 0.2) is 0 Å². The van der Waals surface area contributed by atoms with Gasteiger partial charge in [-0.1, -0.05) is 11.3 Å². The van der Waals surface area contributed by atoms with E-state index in [4.69, 9.17) is 16.0 Å². The third kappa shape index (κ3) is 6.37. The van der Waals surface area contributed by atoms with E-state index in [-0.39, 0.29) is 20.9 Å². The van der Waals surface area contributed by atoms with Crippen molar-refractivity contribution in [2.75, 3.05) is 11.1 Å². The van der Waals surface area contributed by atoms with Crippen LogP contribution >= 0.6 is 11.3 Å². The van der Waals surface area contributed by atoms with Gasteiger partial charge >= 0.3 is 5.97 Å². The summed E-state index contributed by atoms with van der Waals surface area (Å²) >= 11 is 0.701. The van der Waals surface area contributed by atoms with Gasteiger partial charge < -0.3 is 16.2 Å². The molecule has 0 radical (unpaired) electrons. The number of amides is 1. The van der Waals surface area contributed by atoms with E-state index < -0.39 is 16.0 Å². The lowest BCUT2D eigenvalue weighted by Crippen LogP contribution is -2.11. The average molecular weight is 359 g/mol. The van der Waals surface area contributed by atoms with Gasteiger partial charge in [0.1, 0.15) is 0 Å². The van der Waals surface area contributed by atoms with Gasteiger partial charge in [-0.3, -0.25) is 4.79 Å². The lowest BCUT2D eigenvalue weighted by molar-refractivity contribution is -0.114. The summed E-state index contributed by atoms with van der Waals surface area (Å²) in [6, 6.07) is 6.06. The number of carbonyl (C=O) groups excluding carboxylic acids is 1. The number of nitrogens with zero attached hydrogens (tertiary/aromatic N) is 2. The summed E-state index contributed by atoms with van der Waals surface area (Å²) < 4.78 is 21.1. The zero-order valence-corrected chi connectivity index (χ0v) is 13.4. The largest absolute Gasteiger partial charge is 0.478 e. The number of rotatable bonds is 3. The molecule has 1 heterocycles. The fourth-order valence-corrected chi connectivity index (χ4v) is 2.53. The van der Waals surface area contributed by atoms with Crippen molar-refractivity contribution in [3.63, 3.8) is 0 Å². The molecule has 0 aliphatic rings. The van der Waals surface area contributed by atoms with Crippen LogP contribution in [0.4, 0.5) is 10.8 Å². The van der Waals surface area contributed by atoms with Crippen molar-refractivity contribution in [2.24, 2.45) is 5.14 Å². The van der Waals surface area contributed by atoms with Crippen molar-refractivity contribution in [3.8, 4) is 0 Å². The molecule has 2 aromatic rings. The van der Waals surface area contributed by atoms with Crippen molar-refractivity contribution in [2.45, 2.75) is 11.3 Å². The molecule has 0 saturated carbocycles. The number of aromatic carboxylic acids is 1. The molecule has 0 spiro atoms. The highest BCUT2D eigenvalue weighted by atomic mass is 32.2. The molecular formula is C11H13N5O5S2. The molecule has 1 aromatic heterocycles. The number of carbonyl (C=O) groups is 2. The maximum absolute atomic E-state index is 10.7. The second kappa shape index (κ2) is 7.62. The number of benzene rings is 1. The van der Waals surface area contributed by atoms with E-state index in [2.05, 4.69) is 15.5 Å². The summed E-state index contributed by atoms with van der Waals surface area (Å²) in [4.78, 5) is 20.8. The van der Waals surface area contributed by atoms with Gasteiger partial charge in [0.25, 0.3) is 10.0 Å². The van der Waals surface area contributed by atoms with Crippen LogP contribution in [0.1, 0.15) is 17.3 Å². The van der Waals surface area contributed by atoms with Gasteiger partial charge in [0, 0.05) is 12.6 Å². The maximum atomic E-state index is 10.7. The van der Waals surface area contributed by atoms with Crippen LogP contribution in [0, 0.1) is 0 Å². The first-order valence-corrected chi connectivity index (χ1v) is 8.18. The second-order valence-electron chi connectivity index (χ2n) is 4.03. The molecule has 0 fully saturated rings. The summed E-state index contributed by atoms with van der Waals surface area (Å²) in [5, 5.41) is 22.3. The minimum atomic E-state index is -3.82. The molecule has 23 heavy (non-hydrogen) atoms. The fraction of sp³-hybridized carbons (Fsp3) is 0.0909. The number of nitrogen functional groups attached to an aromatic ring is 1. The lowest BCUT2D eigenvalue weighted by atomic mass is 10.2. The third-order valence-electron chi connectivity index (χ3n) is 2.09. The molecule has 2 rings (SSSR count). The molecule has 1 amide bonds. The van der Waals surface area contributed by atoms with Crippen LogP contribution in [-0.2, 0) is 14.8 Å². The summed E-state index contributed by atoms with van der Waals surface area (Å²) in [7, 11) is -3.82. The van der Waals surface area contributed by atoms with E-state index in [1.165, 1.54) is 19.1 Å². The molecule has 10 nitrogen and oxygen atoms in total. The van der Waals surface area contributed by atoms with Gasteiger partial charge in [-0.15, -0.1) is 10.2 Å². The molecular weight excluding hydrogens is 346 g/mol. The Morgan fingerprint density at radius 3 is 2.17 bits per heavy atom. The van der Waals surface area contributed by atoms with Crippen molar-refractivity contribution in [3.05, 3.63) is 29.8 Å². The number of sulfonamides is 1. The highest BCUT2D eigenvalue weighted by Crippen LogP contribution is 2.17. The van der Waals surface area contributed by atoms with Crippen LogP contribution in [0.15, 0.2) is 28.6 Å². The first-order chi connectivity index (χ1) is 10.6. The van der Waals surface area contributed by atoms with Gasteiger partial charge in [0.2, 0.25) is 15.4 Å². The number of nitrogens with one attached hydrogen (secondary N) is 1. The number of hydrogen-bond acceptors (Lipinski definition) is 8. The minimum absolute atomic E-state index is 0.108. The first kappa shape index (κ1) is 18.5. The number of nitrogens with two attached hydrogens (primary N) is 2. The number of hydrogen-bond donors (Lipinski definition) is 4. The molecule has 1 aromatic carbocycles. The van der Waals surface area contributed by atoms with E-state index in [0.29, 0.717) is 17.0 Å². The fourth-order valence-electron chi connectivity index (χ4n) is 1.15. The van der Waals surface area contributed by atoms with E-state index in [9.17, 15) is 18.0 Å². The Hall–Kier alpha value is -2.57. The molecule has 0 aliphatic heterocycles. The third-order valence-corrected chi connectivity index (χ3v) is 4.24. The number of primary sulfonamides is 1. The Labute approximate surface area is 135 Å². The number of anilines is 2. The normalized spacial score (nSPS) is 10.3. The smallest absolute Gasteiger partial charge is 0.335 e. The van der Waals surface area contributed by atoms with Crippen LogP contribution in [0.2, 0.25) is 0 Å². The van der Waals surface area contributed by atoms with Crippen molar-refractivity contribution < 1.29 is 23.1 Å². The Morgan fingerprint density at radius 2 is 1.78 bits per heavy atom. The van der Waals surface area contributed by atoms with Crippen molar-refractivity contribution in [1.82, 2.24) is 10.2 Å². The Morgan fingerprint density at radius 1 is 1.22 bits per heavy atom. The summed E-state index contributed by atoms with van der Waals surface area (Å²) in [6.45, 7) is 1.28. The Balaban J connectivity index is 0.000000238. The zero-order valence-electron chi connectivity index (χ0n) is 11.8. The molecule has 6 N–H and O–H groups in total. The summed E-state index contributed by atoms with van der Waals surface area (Å²) in [5.74, 6) is -1.28. The van der Waals surface area contributed by atoms with Crippen LogP contribution in [0.3, 0.4) is 0 Å². The van der Waals surface area contributed by atoms with Crippen LogP contribution in [0.5, 0.6) is 0 Å². The first-order valence-electron chi connectivity index (χ1n) is 5.82. The molecule has 0 aliphatic carbocycles. The molecule has 0 unspecified atom stereocenters. The van der Waals surface area contributed by atoms with Gasteiger partial charge in [-0.05, 0) is 24.3 Å². The lowest BCUT2D eigenvalue weighted by Gasteiger charge is -1.93. The van der Waals surface area contributed by atoms with E-state index in [1.807, 2.05) is 0 Å². The van der Waals surface area contributed by atoms with E-state index >= 15 is 0 Å². The predicted molar refractivity (Wildman–Crippen MR) is 83.4 cm³/mol. The minimum Gasteiger partial charge on any atom is -0.478 e. The van der Waals surface area contributed by atoms with Crippen LogP contribution in [-0.4, -0.2) is 35.6 Å². The highest BCUT2D eigenvalue weighted by Gasteiger charge is 2.15. The van der Waals surface area contributed by atoms with Crippen LogP contribution in [0.25, 0.3) is 0 Å². The van der Waals surface area contributed by atoms with Crippen LogP contribution < -0.4 is 16.2 Å². The second-order valence-corrected chi connectivity index (χ2v) is 6.74. The van der Waals surface area contributed by atoms with Gasteiger partial charge in [-0.2, -0.15) is 0 Å². The predicted octanol–water partition coefficient (Wildman–Crippen LogP) is 0.111. The number of carboxylic acids is 1. The summed E-state index contributed by atoms with van der Waals surface area (Å²) in [5.41, 5.74) is 6.17. The highest BCUT2D eigenvalue weighted by molar-refractivity contribution is 7.91. The van der Waals surface area contributed by atoms with Gasteiger partial charge in [-0.25, -0.2) is 18.4 Å².